The van der Waals surface area contributed by atoms with Crippen molar-refractivity contribution in [1.29, 1.82) is 0 Å². The van der Waals surface area contributed by atoms with Crippen molar-refractivity contribution in [2.24, 2.45) is 0 Å². The fourth-order valence-corrected chi connectivity index (χ4v) is 2.18. The van der Waals surface area contributed by atoms with Crippen molar-refractivity contribution in [3.8, 4) is 17.1 Å². The van der Waals surface area contributed by atoms with Crippen molar-refractivity contribution in [1.82, 2.24) is 15.0 Å². The van der Waals surface area contributed by atoms with E-state index in [0.29, 0.717) is 28.1 Å². The topological polar surface area (TPSA) is 77.2 Å². The maximum absolute atomic E-state index is 6.05. The largest absolute Gasteiger partial charge is 0.496 e. The predicted molar refractivity (Wildman–Crippen MR) is 84.8 cm³/mol. The van der Waals surface area contributed by atoms with Crippen LogP contribution in [-0.4, -0.2) is 35.2 Å². The Bertz CT molecular complexity index is 631. The van der Waals surface area contributed by atoms with Gasteiger partial charge in [0.25, 0.3) is 0 Å². The highest BCUT2D eigenvalue weighted by Gasteiger charge is 2.14. The molecule has 1 aromatic heterocycles. The Labute approximate surface area is 128 Å². The van der Waals surface area contributed by atoms with Gasteiger partial charge in [-0.1, -0.05) is 11.6 Å². The molecule has 0 spiro atoms. The third-order valence-corrected chi connectivity index (χ3v) is 3.32. The zero-order valence-electron chi connectivity index (χ0n) is 12.3. The van der Waals surface area contributed by atoms with E-state index < -0.39 is 0 Å². The van der Waals surface area contributed by atoms with Crippen molar-refractivity contribution >= 4 is 23.5 Å². The first-order valence-electron chi connectivity index (χ1n) is 6.69. The number of methoxy groups -OCH3 is 1. The molecule has 2 N–H and O–H groups in total. The molecule has 0 amide bonds. The van der Waals surface area contributed by atoms with Crippen molar-refractivity contribution in [2.75, 3.05) is 30.8 Å². The Morgan fingerprint density at radius 2 is 1.90 bits per heavy atom. The SMILES string of the molecule is CCN(CC)c1nc(N)nc(-c2cc(Cl)ccc2OC)n1. The van der Waals surface area contributed by atoms with E-state index in [9.17, 15) is 0 Å². The highest BCUT2D eigenvalue weighted by atomic mass is 35.5. The van der Waals surface area contributed by atoms with Crippen LogP contribution in [0.25, 0.3) is 11.4 Å². The monoisotopic (exact) mass is 307 g/mol. The van der Waals surface area contributed by atoms with Crippen LogP contribution in [-0.2, 0) is 0 Å². The standard InChI is InChI=1S/C14H18ClN5O/c1-4-20(5-2)14-18-12(17-13(16)19-14)10-8-9(15)6-7-11(10)21-3/h6-8H,4-5H2,1-3H3,(H2,16,17,18,19). The van der Waals surface area contributed by atoms with E-state index in [-0.39, 0.29) is 5.95 Å². The summed E-state index contributed by atoms with van der Waals surface area (Å²) in [6.07, 6.45) is 0. The molecule has 0 aliphatic carbocycles. The lowest BCUT2D eigenvalue weighted by molar-refractivity contribution is 0.416. The van der Waals surface area contributed by atoms with Crippen LogP contribution >= 0.6 is 11.6 Å². The van der Waals surface area contributed by atoms with Gasteiger partial charge in [0, 0.05) is 18.1 Å². The van der Waals surface area contributed by atoms with Gasteiger partial charge in [-0.3, -0.25) is 0 Å². The van der Waals surface area contributed by atoms with Crippen LogP contribution in [0.3, 0.4) is 0 Å². The van der Waals surface area contributed by atoms with E-state index in [1.165, 1.54) is 0 Å². The lowest BCUT2D eigenvalue weighted by Gasteiger charge is -2.19. The Hall–Kier alpha value is -2.08. The van der Waals surface area contributed by atoms with Crippen LogP contribution < -0.4 is 15.4 Å². The zero-order chi connectivity index (χ0) is 15.4. The molecule has 1 heterocycles. The molecule has 0 fully saturated rings. The predicted octanol–water partition coefficient (Wildman–Crippen LogP) is 2.63. The van der Waals surface area contributed by atoms with Crippen LogP contribution in [0.5, 0.6) is 5.75 Å². The molecule has 0 aliphatic rings. The minimum atomic E-state index is 0.170. The number of hydrogen-bond acceptors (Lipinski definition) is 6. The molecular formula is C14H18ClN5O. The molecular weight excluding hydrogens is 290 g/mol. The molecule has 7 heteroatoms. The maximum atomic E-state index is 6.05. The minimum absolute atomic E-state index is 0.170. The van der Waals surface area contributed by atoms with Gasteiger partial charge in [0.1, 0.15) is 5.75 Å². The fraction of sp³-hybridized carbons (Fsp3) is 0.357. The molecule has 0 aliphatic heterocycles. The molecule has 1 aromatic carbocycles. The van der Waals surface area contributed by atoms with Gasteiger partial charge in [-0.15, -0.1) is 0 Å². The number of anilines is 2. The van der Waals surface area contributed by atoms with E-state index in [1.807, 2.05) is 18.7 Å². The zero-order valence-corrected chi connectivity index (χ0v) is 13.1. The van der Waals surface area contributed by atoms with Gasteiger partial charge in [-0.25, -0.2) is 0 Å². The summed E-state index contributed by atoms with van der Waals surface area (Å²) in [4.78, 5) is 14.9. The van der Waals surface area contributed by atoms with E-state index in [0.717, 1.165) is 13.1 Å². The Kier molecular flexibility index (Phi) is 4.80. The number of nitrogens with zero attached hydrogens (tertiary/aromatic N) is 4. The van der Waals surface area contributed by atoms with Crippen molar-refractivity contribution < 1.29 is 4.74 Å². The number of halogens is 1. The van der Waals surface area contributed by atoms with Gasteiger partial charge in [0.05, 0.1) is 12.7 Å². The van der Waals surface area contributed by atoms with E-state index in [1.54, 1.807) is 25.3 Å². The summed E-state index contributed by atoms with van der Waals surface area (Å²) in [5, 5.41) is 0.578. The Morgan fingerprint density at radius 3 is 2.52 bits per heavy atom. The first kappa shape index (κ1) is 15.3. The van der Waals surface area contributed by atoms with Crippen LogP contribution in [0.1, 0.15) is 13.8 Å². The number of benzene rings is 1. The van der Waals surface area contributed by atoms with Gasteiger partial charge in [-0.05, 0) is 32.0 Å². The smallest absolute Gasteiger partial charge is 0.230 e. The first-order valence-corrected chi connectivity index (χ1v) is 7.07. The van der Waals surface area contributed by atoms with E-state index in [4.69, 9.17) is 22.1 Å². The van der Waals surface area contributed by atoms with Crippen LogP contribution in [0.15, 0.2) is 18.2 Å². The number of rotatable bonds is 5. The van der Waals surface area contributed by atoms with Gasteiger partial charge in [-0.2, -0.15) is 15.0 Å². The Morgan fingerprint density at radius 1 is 1.19 bits per heavy atom. The molecule has 0 unspecified atom stereocenters. The summed E-state index contributed by atoms with van der Waals surface area (Å²) in [5.41, 5.74) is 6.50. The van der Waals surface area contributed by atoms with E-state index in [2.05, 4.69) is 15.0 Å². The molecule has 112 valence electrons. The number of ether oxygens (including phenoxy) is 1. The summed E-state index contributed by atoms with van der Waals surface area (Å²) >= 11 is 6.05. The van der Waals surface area contributed by atoms with Gasteiger partial charge < -0.3 is 15.4 Å². The van der Waals surface area contributed by atoms with Gasteiger partial charge in [0.15, 0.2) is 5.82 Å². The van der Waals surface area contributed by atoms with Crippen LogP contribution in [0.4, 0.5) is 11.9 Å². The molecule has 0 atom stereocenters. The average Bonchev–Trinajstić information content (AvgIpc) is 2.48. The lowest BCUT2D eigenvalue weighted by atomic mass is 10.2. The quantitative estimate of drug-likeness (QED) is 0.915. The minimum Gasteiger partial charge on any atom is -0.496 e. The van der Waals surface area contributed by atoms with Crippen molar-refractivity contribution in [3.63, 3.8) is 0 Å². The molecule has 2 aromatic rings. The summed E-state index contributed by atoms with van der Waals surface area (Å²) in [6, 6.07) is 5.27. The lowest BCUT2D eigenvalue weighted by Crippen LogP contribution is -2.25. The second-order valence-corrected chi connectivity index (χ2v) is 4.77. The molecule has 6 nitrogen and oxygen atoms in total. The molecule has 0 radical (unpaired) electrons. The van der Waals surface area contributed by atoms with Gasteiger partial charge >= 0.3 is 0 Å². The number of nitrogens with two attached hydrogens (primary N) is 1. The van der Waals surface area contributed by atoms with Gasteiger partial charge in [0.2, 0.25) is 11.9 Å². The average molecular weight is 308 g/mol. The van der Waals surface area contributed by atoms with Crippen molar-refractivity contribution in [2.45, 2.75) is 13.8 Å². The third kappa shape index (κ3) is 3.33. The van der Waals surface area contributed by atoms with E-state index >= 15 is 0 Å². The first-order chi connectivity index (χ1) is 10.1. The summed E-state index contributed by atoms with van der Waals surface area (Å²) < 4.78 is 5.33. The summed E-state index contributed by atoms with van der Waals surface area (Å²) in [7, 11) is 1.59. The molecule has 2 rings (SSSR count). The molecule has 0 saturated carbocycles. The van der Waals surface area contributed by atoms with Crippen molar-refractivity contribution in [3.05, 3.63) is 23.2 Å². The molecule has 0 bridgehead atoms. The second kappa shape index (κ2) is 6.58. The fourth-order valence-electron chi connectivity index (χ4n) is 2.00. The second-order valence-electron chi connectivity index (χ2n) is 4.33. The number of hydrogen-bond donors (Lipinski definition) is 1. The van der Waals surface area contributed by atoms with Crippen LogP contribution in [0.2, 0.25) is 5.02 Å². The highest BCUT2D eigenvalue weighted by molar-refractivity contribution is 6.30. The Balaban J connectivity index is 2.56. The third-order valence-electron chi connectivity index (χ3n) is 3.09. The number of aromatic nitrogens is 3. The normalized spacial score (nSPS) is 10.5. The number of nitrogen functional groups attached to an aromatic ring is 1. The highest BCUT2D eigenvalue weighted by Crippen LogP contribution is 2.31. The molecule has 21 heavy (non-hydrogen) atoms. The summed E-state index contributed by atoms with van der Waals surface area (Å²) in [5.74, 6) is 1.80. The van der Waals surface area contributed by atoms with Crippen LogP contribution in [0, 0.1) is 0 Å². The molecule has 0 saturated heterocycles. The summed E-state index contributed by atoms with van der Waals surface area (Å²) in [6.45, 7) is 5.63. The maximum Gasteiger partial charge on any atom is 0.230 e.